The minimum Gasteiger partial charge on any atom is -0.481 e. The van der Waals surface area contributed by atoms with E-state index < -0.39 is 5.97 Å². The quantitative estimate of drug-likeness (QED) is 0.505. The van der Waals surface area contributed by atoms with Gasteiger partial charge in [-0.25, -0.2) is 4.99 Å². The highest BCUT2D eigenvalue weighted by atomic mass is 16.4. The zero-order valence-electron chi connectivity index (χ0n) is 12.2. The predicted octanol–water partition coefficient (Wildman–Crippen LogP) is 1.81. The molecule has 5 heteroatoms. The van der Waals surface area contributed by atoms with Crippen molar-refractivity contribution in [3.05, 3.63) is 0 Å². The lowest BCUT2D eigenvalue weighted by Crippen LogP contribution is -2.30. The molecule has 1 saturated carbocycles. The summed E-state index contributed by atoms with van der Waals surface area (Å²) in [6.45, 7) is 6.58. The Morgan fingerprint density at radius 3 is 2.32 bits per heavy atom. The zero-order chi connectivity index (χ0) is 14.6. The van der Waals surface area contributed by atoms with E-state index in [-0.39, 0.29) is 23.8 Å². The molecule has 19 heavy (non-hydrogen) atoms. The highest BCUT2D eigenvalue weighted by Gasteiger charge is 2.41. The maximum Gasteiger partial charge on any atom is 0.306 e. The minimum atomic E-state index is -0.727. The van der Waals surface area contributed by atoms with E-state index >= 15 is 0 Å². The van der Waals surface area contributed by atoms with Crippen LogP contribution in [-0.2, 0) is 4.79 Å². The van der Waals surface area contributed by atoms with Crippen LogP contribution in [0, 0.1) is 23.7 Å². The first kappa shape index (κ1) is 15.8. The molecule has 0 spiro atoms. The van der Waals surface area contributed by atoms with E-state index in [2.05, 4.69) is 25.8 Å². The zero-order valence-corrected chi connectivity index (χ0v) is 12.2. The number of nitrogens with two attached hydrogens (primary N) is 2. The maximum atomic E-state index is 11.2. The predicted molar refractivity (Wildman–Crippen MR) is 76.7 cm³/mol. The van der Waals surface area contributed by atoms with Crippen LogP contribution in [0.4, 0.5) is 0 Å². The number of carboxylic acid groups (broad SMARTS) is 1. The van der Waals surface area contributed by atoms with Crippen LogP contribution in [0.15, 0.2) is 4.99 Å². The Labute approximate surface area is 115 Å². The number of aliphatic carboxylic acids is 1. The van der Waals surface area contributed by atoms with E-state index in [0.29, 0.717) is 24.7 Å². The fourth-order valence-electron chi connectivity index (χ4n) is 3.54. The lowest BCUT2D eigenvalue weighted by molar-refractivity contribution is -0.141. The molecule has 0 aliphatic heterocycles. The van der Waals surface area contributed by atoms with Gasteiger partial charge in [0.15, 0.2) is 5.96 Å². The molecule has 5 N–H and O–H groups in total. The summed E-state index contributed by atoms with van der Waals surface area (Å²) in [6, 6.07) is -0.0401. The van der Waals surface area contributed by atoms with Crippen LogP contribution in [0.2, 0.25) is 0 Å². The number of aliphatic imine (C=N–C) groups is 1. The average molecular weight is 269 g/mol. The van der Waals surface area contributed by atoms with Crippen molar-refractivity contribution in [2.45, 2.75) is 52.5 Å². The summed E-state index contributed by atoms with van der Waals surface area (Å²) >= 11 is 0. The van der Waals surface area contributed by atoms with Gasteiger partial charge in [-0.2, -0.15) is 0 Å². The topological polar surface area (TPSA) is 102 Å². The van der Waals surface area contributed by atoms with E-state index in [9.17, 15) is 9.90 Å². The number of nitrogens with zero attached hydrogens (tertiary/aromatic N) is 1. The van der Waals surface area contributed by atoms with Gasteiger partial charge >= 0.3 is 5.97 Å². The molecule has 0 aromatic heterocycles. The maximum absolute atomic E-state index is 11.2. The molecular formula is C14H27N3O2. The summed E-state index contributed by atoms with van der Waals surface area (Å²) in [6.07, 6.45) is 3.47. The Bertz CT molecular complexity index is 336. The van der Waals surface area contributed by atoms with Crippen molar-refractivity contribution < 1.29 is 9.90 Å². The lowest BCUT2D eigenvalue weighted by Gasteiger charge is -2.29. The first-order chi connectivity index (χ1) is 8.90. The molecule has 1 aliphatic carbocycles. The molecule has 1 rings (SSSR count). The van der Waals surface area contributed by atoms with E-state index in [1.54, 1.807) is 0 Å². The number of hydrogen-bond acceptors (Lipinski definition) is 2. The summed E-state index contributed by atoms with van der Waals surface area (Å²) in [5, 5.41) is 9.21. The van der Waals surface area contributed by atoms with Gasteiger partial charge in [-0.05, 0) is 30.6 Å². The molecule has 0 radical (unpaired) electrons. The van der Waals surface area contributed by atoms with Gasteiger partial charge in [-0.1, -0.05) is 33.6 Å². The van der Waals surface area contributed by atoms with Gasteiger partial charge in [0.25, 0.3) is 0 Å². The van der Waals surface area contributed by atoms with Gasteiger partial charge in [-0.3, -0.25) is 4.79 Å². The Kier molecular flexibility index (Phi) is 5.63. The van der Waals surface area contributed by atoms with Crippen LogP contribution < -0.4 is 11.5 Å². The van der Waals surface area contributed by atoms with Crippen molar-refractivity contribution in [3.63, 3.8) is 0 Å². The van der Waals surface area contributed by atoms with E-state index in [1.807, 2.05) is 0 Å². The Morgan fingerprint density at radius 2 is 1.89 bits per heavy atom. The Balaban J connectivity index is 2.87. The molecule has 0 aromatic rings. The van der Waals surface area contributed by atoms with Crippen LogP contribution in [-0.4, -0.2) is 23.1 Å². The number of rotatable bonds is 6. The molecule has 0 aromatic carbocycles. The molecule has 1 fully saturated rings. The first-order valence-corrected chi connectivity index (χ1v) is 7.22. The number of hydrogen-bond donors (Lipinski definition) is 3. The fourth-order valence-corrected chi connectivity index (χ4v) is 3.54. The van der Waals surface area contributed by atoms with E-state index in [0.717, 1.165) is 12.8 Å². The second kappa shape index (κ2) is 6.78. The summed E-state index contributed by atoms with van der Waals surface area (Å²) in [7, 11) is 0. The van der Waals surface area contributed by atoms with Gasteiger partial charge in [0.05, 0.1) is 12.0 Å². The van der Waals surface area contributed by atoms with Gasteiger partial charge in [-0.15, -0.1) is 0 Å². The third-order valence-electron chi connectivity index (χ3n) is 4.71. The third kappa shape index (κ3) is 3.85. The molecule has 4 atom stereocenters. The molecule has 0 bridgehead atoms. The van der Waals surface area contributed by atoms with Crippen molar-refractivity contribution in [3.8, 4) is 0 Å². The van der Waals surface area contributed by atoms with Gasteiger partial charge in [0.2, 0.25) is 0 Å². The van der Waals surface area contributed by atoms with Crippen molar-refractivity contribution in [2.24, 2.45) is 40.1 Å². The first-order valence-electron chi connectivity index (χ1n) is 7.22. The van der Waals surface area contributed by atoms with Crippen molar-refractivity contribution >= 4 is 11.9 Å². The van der Waals surface area contributed by atoms with Crippen LogP contribution in [0.25, 0.3) is 0 Å². The van der Waals surface area contributed by atoms with Crippen LogP contribution >= 0.6 is 0 Å². The molecular weight excluding hydrogens is 242 g/mol. The van der Waals surface area contributed by atoms with Crippen molar-refractivity contribution in [2.75, 3.05) is 0 Å². The van der Waals surface area contributed by atoms with Crippen LogP contribution in [0.3, 0.4) is 0 Å². The largest absolute Gasteiger partial charge is 0.481 e. The molecule has 0 heterocycles. The minimum absolute atomic E-state index is 0.0401. The average Bonchev–Trinajstić information content (AvgIpc) is 2.73. The van der Waals surface area contributed by atoms with Crippen molar-refractivity contribution in [1.82, 2.24) is 0 Å². The fraction of sp³-hybridized carbons (Fsp3) is 0.857. The van der Waals surface area contributed by atoms with Crippen LogP contribution in [0.5, 0.6) is 0 Å². The van der Waals surface area contributed by atoms with E-state index in [1.165, 1.54) is 0 Å². The lowest BCUT2D eigenvalue weighted by atomic mass is 9.77. The van der Waals surface area contributed by atoms with E-state index in [4.69, 9.17) is 11.5 Å². The third-order valence-corrected chi connectivity index (χ3v) is 4.71. The summed E-state index contributed by atoms with van der Waals surface area (Å²) < 4.78 is 0. The smallest absolute Gasteiger partial charge is 0.306 e. The summed E-state index contributed by atoms with van der Waals surface area (Å²) in [5.74, 6) is 0.359. The normalized spacial score (nSPS) is 28.3. The molecule has 4 unspecified atom stereocenters. The Morgan fingerprint density at radius 1 is 1.32 bits per heavy atom. The SMILES string of the molecule is CCC(CC)C(C)C1CC(C(=O)O)CC1N=C(N)N. The van der Waals surface area contributed by atoms with Gasteiger partial charge in [0, 0.05) is 0 Å². The molecule has 0 amide bonds. The molecule has 1 aliphatic rings. The monoisotopic (exact) mass is 269 g/mol. The van der Waals surface area contributed by atoms with Gasteiger partial charge < -0.3 is 16.6 Å². The van der Waals surface area contributed by atoms with Crippen LogP contribution in [0.1, 0.15) is 46.5 Å². The highest BCUT2D eigenvalue weighted by molar-refractivity contribution is 5.76. The number of carbonyl (C=O) groups is 1. The summed E-state index contributed by atoms with van der Waals surface area (Å²) in [4.78, 5) is 15.5. The van der Waals surface area contributed by atoms with Gasteiger partial charge in [0.1, 0.15) is 0 Å². The number of guanidine groups is 1. The molecule has 5 nitrogen and oxygen atoms in total. The van der Waals surface area contributed by atoms with Crippen molar-refractivity contribution in [1.29, 1.82) is 0 Å². The molecule has 110 valence electrons. The Hall–Kier alpha value is -1.26. The molecule has 0 saturated heterocycles. The second-order valence-corrected chi connectivity index (χ2v) is 5.73. The summed E-state index contributed by atoms with van der Waals surface area (Å²) in [5.41, 5.74) is 11.0. The standard InChI is InChI=1S/C14H27N3O2/c1-4-9(5-2)8(3)11-6-10(13(18)19)7-12(11)17-14(15)16/h8-12H,4-7H2,1-3H3,(H,18,19)(H4,15,16,17). The number of carboxylic acids is 1. The highest BCUT2D eigenvalue weighted by Crippen LogP contribution is 2.42. The second-order valence-electron chi connectivity index (χ2n) is 5.73.